The van der Waals surface area contributed by atoms with E-state index in [-0.39, 0.29) is 12.1 Å². The smallest absolute Gasteiger partial charge is 0.107 e. The van der Waals surface area contributed by atoms with Gasteiger partial charge in [-0.15, -0.1) is 22.7 Å². The Morgan fingerprint density at radius 1 is 1.32 bits per heavy atom. The summed E-state index contributed by atoms with van der Waals surface area (Å²) in [6, 6.07) is 8.58. The standard InChI is InChI=1S/C15H21NOS2/c1-3-13(16)15(14-7-6-11(2)19-14)17-9-8-12-5-4-10-18-12/h4-7,10,13,15H,3,8-9,16H2,1-2H3. The molecule has 2 rings (SSSR count). The molecule has 104 valence electrons. The van der Waals surface area contributed by atoms with Crippen LogP contribution in [0.2, 0.25) is 0 Å². The fraction of sp³-hybridized carbons (Fsp3) is 0.467. The van der Waals surface area contributed by atoms with Crippen molar-refractivity contribution in [2.45, 2.75) is 38.8 Å². The summed E-state index contributed by atoms with van der Waals surface area (Å²) in [4.78, 5) is 3.93. The third-order valence-electron chi connectivity index (χ3n) is 3.13. The monoisotopic (exact) mass is 295 g/mol. The molecule has 0 radical (unpaired) electrons. The number of ether oxygens (including phenoxy) is 1. The maximum atomic E-state index is 6.20. The molecular weight excluding hydrogens is 274 g/mol. The molecule has 0 saturated heterocycles. The molecule has 0 spiro atoms. The fourth-order valence-corrected chi connectivity index (χ4v) is 3.67. The van der Waals surface area contributed by atoms with E-state index < -0.39 is 0 Å². The van der Waals surface area contributed by atoms with Gasteiger partial charge in [0.1, 0.15) is 6.10 Å². The lowest BCUT2D eigenvalue weighted by atomic mass is 10.1. The molecule has 0 aromatic carbocycles. The number of hydrogen-bond donors (Lipinski definition) is 1. The summed E-state index contributed by atoms with van der Waals surface area (Å²) in [5.74, 6) is 0. The van der Waals surface area contributed by atoms with E-state index in [0.717, 1.165) is 19.4 Å². The van der Waals surface area contributed by atoms with Gasteiger partial charge in [0.05, 0.1) is 6.61 Å². The molecular formula is C15H21NOS2. The minimum absolute atomic E-state index is 0.0312. The van der Waals surface area contributed by atoms with Crippen molar-refractivity contribution in [3.05, 3.63) is 44.3 Å². The minimum atomic E-state index is 0.0312. The average Bonchev–Trinajstić information content (AvgIpc) is 3.05. The van der Waals surface area contributed by atoms with Gasteiger partial charge in [0.25, 0.3) is 0 Å². The van der Waals surface area contributed by atoms with Crippen molar-refractivity contribution >= 4 is 22.7 Å². The van der Waals surface area contributed by atoms with Crippen molar-refractivity contribution in [3.8, 4) is 0 Å². The third kappa shape index (κ3) is 4.14. The van der Waals surface area contributed by atoms with E-state index in [1.807, 2.05) is 0 Å². The average molecular weight is 295 g/mol. The zero-order valence-corrected chi connectivity index (χ0v) is 13.1. The van der Waals surface area contributed by atoms with Gasteiger partial charge in [-0.3, -0.25) is 0 Å². The molecule has 0 aliphatic carbocycles. The Morgan fingerprint density at radius 3 is 2.74 bits per heavy atom. The number of aryl methyl sites for hydroxylation is 1. The van der Waals surface area contributed by atoms with Crippen LogP contribution in [-0.2, 0) is 11.2 Å². The van der Waals surface area contributed by atoms with Crippen molar-refractivity contribution in [2.24, 2.45) is 5.73 Å². The highest BCUT2D eigenvalue weighted by Gasteiger charge is 2.20. The van der Waals surface area contributed by atoms with E-state index in [0.29, 0.717) is 0 Å². The molecule has 2 aromatic heterocycles. The molecule has 0 aliphatic heterocycles. The van der Waals surface area contributed by atoms with Crippen molar-refractivity contribution in [1.82, 2.24) is 0 Å². The van der Waals surface area contributed by atoms with E-state index in [1.54, 1.807) is 22.7 Å². The molecule has 4 heteroatoms. The Morgan fingerprint density at radius 2 is 2.16 bits per heavy atom. The first-order valence-corrected chi connectivity index (χ1v) is 8.36. The second-order valence-corrected chi connectivity index (χ2v) is 6.99. The van der Waals surface area contributed by atoms with Crippen LogP contribution < -0.4 is 5.73 Å². The second-order valence-electron chi connectivity index (χ2n) is 4.64. The highest BCUT2D eigenvalue weighted by Crippen LogP contribution is 2.29. The molecule has 19 heavy (non-hydrogen) atoms. The molecule has 0 fully saturated rings. The van der Waals surface area contributed by atoms with E-state index >= 15 is 0 Å². The van der Waals surface area contributed by atoms with Gasteiger partial charge in [-0.25, -0.2) is 0 Å². The Kier molecular flexibility index (Phi) is 5.58. The van der Waals surface area contributed by atoms with Crippen LogP contribution >= 0.6 is 22.7 Å². The number of thiophene rings is 2. The molecule has 0 amide bonds. The van der Waals surface area contributed by atoms with Gasteiger partial charge in [0.2, 0.25) is 0 Å². The molecule has 0 bridgehead atoms. The first kappa shape index (κ1) is 14.7. The van der Waals surface area contributed by atoms with Crippen LogP contribution in [0, 0.1) is 6.92 Å². The van der Waals surface area contributed by atoms with Crippen LogP contribution in [0.3, 0.4) is 0 Å². The lowest BCUT2D eigenvalue weighted by Gasteiger charge is -2.22. The Labute approximate surface area is 123 Å². The van der Waals surface area contributed by atoms with Gasteiger partial charge in [-0.05, 0) is 36.9 Å². The zero-order valence-electron chi connectivity index (χ0n) is 11.5. The lowest BCUT2D eigenvalue weighted by Crippen LogP contribution is -2.29. The van der Waals surface area contributed by atoms with Crippen molar-refractivity contribution in [3.63, 3.8) is 0 Å². The van der Waals surface area contributed by atoms with Crippen molar-refractivity contribution in [1.29, 1.82) is 0 Å². The van der Waals surface area contributed by atoms with Gasteiger partial charge in [-0.2, -0.15) is 0 Å². The number of rotatable bonds is 7. The van der Waals surface area contributed by atoms with Gasteiger partial charge < -0.3 is 10.5 Å². The van der Waals surface area contributed by atoms with Gasteiger partial charge >= 0.3 is 0 Å². The van der Waals surface area contributed by atoms with Crippen LogP contribution in [0.1, 0.15) is 34.1 Å². The molecule has 2 unspecified atom stereocenters. The summed E-state index contributed by atoms with van der Waals surface area (Å²) in [5.41, 5.74) is 6.20. The summed E-state index contributed by atoms with van der Waals surface area (Å²) in [5, 5.41) is 2.10. The fourth-order valence-electron chi connectivity index (χ4n) is 1.98. The SMILES string of the molecule is CCC(N)C(OCCc1cccs1)c1ccc(C)s1. The summed E-state index contributed by atoms with van der Waals surface area (Å²) >= 11 is 3.57. The zero-order chi connectivity index (χ0) is 13.7. The van der Waals surface area contributed by atoms with E-state index in [2.05, 4.69) is 43.5 Å². The Bertz CT molecular complexity index is 478. The second kappa shape index (κ2) is 7.20. The molecule has 2 aromatic rings. The predicted octanol–water partition coefficient (Wildman–Crippen LogP) is 4.16. The summed E-state index contributed by atoms with van der Waals surface area (Å²) in [6.45, 7) is 4.96. The van der Waals surface area contributed by atoms with Gasteiger partial charge in [0, 0.05) is 27.1 Å². The molecule has 2 atom stereocenters. The molecule has 2 nitrogen and oxygen atoms in total. The molecule has 0 saturated carbocycles. The van der Waals surface area contributed by atoms with Crippen LogP contribution in [0.25, 0.3) is 0 Å². The lowest BCUT2D eigenvalue weighted by molar-refractivity contribution is 0.0381. The van der Waals surface area contributed by atoms with Crippen molar-refractivity contribution < 1.29 is 4.74 Å². The third-order valence-corrected chi connectivity index (χ3v) is 5.13. The molecule has 2 N–H and O–H groups in total. The first-order chi connectivity index (χ1) is 9.20. The van der Waals surface area contributed by atoms with E-state index in [4.69, 9.17) is 10.5 Å². The van der Waals surface area contributed by atoms with Crippen LogP contribution in [0.4, 0.5) is 0 Å². The first-order valence-electron chi connectivity index (χ1n) is 6.66. The topological polar surface area (TPSA) is 35.2 Å². The van der Waals surface area contributed by atoms with E-state index in [9.17, 15) is 0 Å². The quantitative estimate of drug-likeness (QED) is 0.832. The van der Waals surface area contributed by atoms with Gasteiger partial charge in [-0.1, -0.05) is 13.0 Å². The minimum Gasteiger partial charge on any atom is -0.371 e. The normalized spacial score (nSPS) is 14.5. The molecule has 0 aliphatic rings. The Balaban J connectivity index is 1.94. The van der Waals surface area contributed by atoms with Crippen LogP contribution in [0.15, 0.2) is 29.6 Å². The molecule has 2 heterocycles. The maximum absolute atomic E-state index is 6.20. The van der Waals surface area contributed by atoms with Crippen LogP contribution in [-0.4, -0.2) is 12.6 Å². The summed E-state index contributed by atoms with van der Waals surface area (Å²) in [7, 11) is 0. The number of nitrogens with two attached hydrogens (primary N) is 1. The van der Waals surface area contributed by atoms with Crippen LogP contribution in [0.5, 0.6) is 0 Å². The highest BCUT2D eigenvalue weighted by atomic mass is 32.1. The number of hydrogen-bond acceptors (Lipinski definition) is 4. The largest absolute Gasteiger partial charge is 0.371 e. The summed E-state index contributed by atoms with van der Waals surface area (Å²) in [6.07, 6.45) is 1.93. The summed E-state index contributed by atoms with van der Waals surface area (Å²) < 4.78 is 6.06. The van der Waals surface area contributed by atoms with Gasteiger partial charge in [0.15, 0.2) is 0 Å². The predicted molar refractivity (Wildman–Crippen MR) is 84.0 cm³/mol. The Hall–Kier alpha value is -0.680. The maximum Gasteiger partial charge on any atom is 0.107 e. The van der Waals surface area contributed by atoms with Crippen molar-refractivity contribution in [2.75, 3.05) is 6.61 Å². The van der Waals surface area contributed by atoms with E-state index in [1.165, 1.54) is 14.6 Å². The highest BCUT2D eigenvalue weighted by molar-refractivity contribution is 7.12.